The maximum Gasteiger partial charge on any atom is 0.228 e. The fraction of sp³-hybridized carbons (Fsp3) is 0.429. The van der Waals surface area contributed by atoms with Crippen molar-refractivity contribution in [3.8, 4) is 0 Å². The number of amides is 2. The molecular weight excluding hydrogens is 247 g/mol. The molecule has 0 spiro atoms. The predicted molar refractivity (Wildman–Crippen MR) is 68.7 cm³/mol. The highest BCUT2D eigenvalue weighted by Crippen LogP contribution is 2.37. The number of benzene rings is 1. The van der Waals surface area contributed by atoms with E-state index in [9.17, 15) is 14.0 Å². The third kappa shape index (κ3) is 2.45. The topological polar surface area (TPSA) is 40.6 Å². The second kappa shape index (κ2) is 4.99. The maximum atomic E-state index is 13.0. The van der Waals surface area contributed by atoms with Gasteiger partial charge in [0.2, 0.25) is 11.8 Å². The van der Waals surface area contributed by atoms with E-state index in [0.29, 0.717) is 0 Å². The zero-order chi connectivity index (χ0) is 14.2. The van der Waals surface area contributed by atoms with Gasteiger partial charge < -0.3 is 9.80 Å². The van der Waals surface area contributed by atoms with Crippen LogP contribution in [0.3, 0.4) is 0 Å². The van der Waals surface area contributed by atoms with Gasteiger partial charge in [-0.1, -0.05) is 12.1 Å². The van der Waals surface area contributed by atoms with Crippen LogP contribution in [0.25, 0.3) is 0 Å². The Hall–Kier alpha value is -1.91. The van der Waals surface area contributed by atoms with Gasteiger partial charge in [-0.25, -0.2) is 4.39 Å². The molecule has 19 heavy (non-hydrogen) atoms. The number of hydrogen-bond acceptors (Lipinski definition) is 2. The molecule has 0 aliphatic carbocycles. The minimum absolute atomic E-state index is 0.0606. The fourth-order valence-electron chi connectivity index (χ4n) is 2.54. The quantitative estimate of drug-likeness (QED) is 0.811. The van der Waals surface area contributed by atoms with Crippen LogP contribution in [0, 0.1) is 11.7 Å². The molecule has 0 unspecified atom stereocenters. The van der Waals surface area contributed by atoms with Crippen LogP contribution in [0.1, 0.15) is 18.0 Å². The number of rotatable bonds is 2. The number of halogens is 1. The smallest absolute Gasteiger partial charge is 0.228 e. The molecule has 1 aliphatic heterocycles. The average molecular weight is 264 g/mol. The number of likely N-dealkylation sites (tertiary alicyclic amines) is 1. The summed E-state index contributed by atoms with van der Waals surface area (Å²) in [7, 11) is 5.03. The molecule has 1 aliphatic rings. The summed E-state index contributed by atoms with van der Waals surface area (Å²) in [5.74, 6) is -0.870. The minimum atomic E-state index is -0.405. The molecule has 5 heteroatoms. The van der Waals surface area contributed by atoms with E-state index in [2.05, 4.69) is 0 Å². The molecule has 2 atom stereocenters. The first kappa shape index (κ1) is 13.5. The average Bonchev–Trinajstić information content (AvgIpc) is 2.66. The Bertz CT molecular complexity index is 499. The molecule has 1 aromatic carbocycles. The third-order valence-corrected chi connectivity index (χ3v) is 3.56. The first-order valence-electron chi connectivity index (χ1n) is 6.14. The molecule has 4 nitrogen and oxygen atoms in total. The van der Waals surface area contributed by atoms with Crippen LogP contribution in [0.15, 0.2) is 24.3 Å². The van der Waals surface area contributed by atoms with Gasteiger partial charge in [-0.2, -0.15) is 0 Å². The summed E-state index contributed by atoms with van der Waals surface area (Å²) in [5, 5.41) is 0. The fourth-order valence-corrected chi connectivity index (χ4v) is 2.54. The first-order valence-corrected chi connectivity index (χ1v) is 6.14. The number of carbonyl (C=O) groups is 2. The predicted octanol–water partition coefficient (Wildman–Crippen LogP) is 1.43. The second-order valence-electron chi connectivity index (χ2n) is 5.04. The molecule has 0 saturated carbocycles. The van der Waals surface area contributed by atoms with E-state index in [0.717, 1.165) is 5.56 Å². The highest BCUT2D eigenvalue weighted by atomic mass is 19.1. The largest absolute Gasteiger partial charge is 0.348 e. The van der Waals surface area contributed by atoms with Crippen molar-refractivity contribution < 1.29 is 14.0 Å². The van der Waals surface area contributed by atoms with E-state index in [1.807, 2.05) is 0 Å². The second-order valence-corrected chi connectivity index (χ2v) is 5.04. The Morgan fingerprint density at radius 2 is 1.89 bits per heavy atom. The van der Waals surface area contributed by atoms with Gasteiger partial charge in [-0.3, -0.25) is 9.59 Å². The summed E-state index contributed by atoms with van der Waals surface area (Å²) >= 11 is 0. The molecule has 1 aromatic rings. The van der Waals surface area contributed by atoms with E-state index in [1.165, 1.54) is 17.0 Å². The van der Waals surface area contributed by atoms with E-state index in [-0.39, 0.29) is 30.1 Å². The minimum Gasteiger partial charge on any atom is -0.348 e. The van der Waals surface area contributed by atoms with Crippen LogP contribution in [0.5, 0.6) is 0 Å². The molecule has 0 N–H and O–H groups in total. The third-order valence-electron chi connectivity index (χ3n) is 3.56. The summed E-state index contributed by atoms with van der Waals surface area (Å²) < 4.78 is 13.0. The van der Waals surface area contributed by atoms with Crippen molar-refractivity contribution in [1.29, 1.82) is 0 Å². The number of hydrogen-bond donors (Lipinski definition) is 0. The van der Waals surface area contributed by atoms with Gasteiger partial charge in [0.25, 0.3) is 0 Å². The molecule has 0 bridgehead atoms. The van der Waals surface area contributed by atoms with Gasteiger partial charge >= 0.3 is 0 Å². The van der Waals surface area contributed by atoms with E-state index in [1.54, 1.807) is 38.2 Å². The summed E-state index contributed by atoms with van der Waals surface area (Å²) in [4.78, 5) is 27.1. The molecule has 2 amide bonds. The first-order chi connectivity index (χ1) is 8.91. The standard InChI is InChI=1S/C14H17FN2O2/c1-16(2)14(19)11-8-12(18)17(3)13(11)9-4-6-10(15)7-5-9/h4-7,11,13H,8H2,1-3H3/t11-,13-/m0/s1. The number of nitrogens with zero attached hydrogens (tertiary/aromatic N) is 2. The van der Waals surface area contributed by atoms with Gasteiger partial charge in [-0.15, -0.1) is 0 Å². The Balaban J connectivity index is 2.36. The molecule has 2 rings (SSSR count). The van der Waals surface area contributed by atoms with Gasteiger partial charge in [0.05, 0.1) is 12.0 Å². The summed E-state index contributed by atoms with van der Waals surface area (Å²) in [6.45, 7) is 0. The van der Waals surface area contributed by atoms with Crippen molar-refractivity contribution in [1.82, 2.24) is 9.80 Å². The lowest BCUT2D eigenvalue weighted by molar-refractivity contribution is -0.134. The molecule has 0 aromatic heterocycles. The van der Waals surface area contributed by atoms with Gasteiger partial charge in [0.15, 0.2) is 0 Å². The lowest BCUT2D eigenvalue weighted by Gasteiger charge is -2.26. The zero-order valence-corrected chi connectivity index (χ0v) is 11.3. The van der Waals surface area contributed by atoms with Crippen molar-refractivity contribution in [3.63, 3.8) is 0 Å². The van der Waals surface area contributed by atoms with E-state index in [4.69, 9.17) is 0 Å². The molecule has 102 valence electrons. The SMILES string of the molecule is CN(C)C(=O)[C@H]1CC(=O)N(C)[C@H]1c1ccc(F)cc1. The lowest BCUT2D eigenvalue weighted by atomic mass is 9.92. The van der Waals surface area contributed by atoms with Crippen LogP contribution in [-0.2, 0) is 9.59 Å². The van der Waals surface area contributed by atoms with E-state index >= 15 is 0 Å². The van der Waals surface area contributed by atoms with Crippen LogP contribution in [0.4, 0.5) is 4.39 Å². The zero-order valence-electron chi connectivity index (χ0n) is 11.3. The molecular formula is C14H17FN2O2. The Labute approximate surface area is 111 Å². The summed E-state index contributed by atoms with van der Waals surface area (Å²) in [6, 6.07) is 5.64. The van der Waals surface area contributed by atoms with Crippen LogP contribution in [-0.4, -0.2) is 42.8 Å². The molecule has 1 fully saturated rings. The van der Waals surface area contributed by atoms with Crippen molar-refractivity contribution in [2.24, 2.45) is 5.92 Å². The number of carbonyl (C=O) groups excluding carboxylic acids is 2. The normalized spacial score (nSPS) is 22.7. The van der Waals surface area contributed by atoms with Crippen molar-refractivity contribution in [3.05, 3.63) is 35.6 Å². The van der Waals surface area contributed by atoms with Gasteiger partial charge in [0, 0.05) is 27.6 Å². The Morgan fingerprint density at radius 1 is 1.32 bits per heavy atom. The van der Waals surface area contributed by atoms with Crippen molar-refractivity contribution in [2.75, 3.05) is 21.1 Å². The Morgan fingerprint density at radius 3 is 2.42 bits per heavy atom. The lowest BCUT2D eigenvalue weighted by Crippen LogP contribution is -2.33. The summed E-state index contributed by atoms with van der Waals surface area (Å²) in [6.07, 6.45) is 0.204. The maximum absolute atomic E-state index is 13.0. The molecule has 0 radical (unpaired) electrons. The molecule has 1 saturated heterocycles. The van der Waals surface area contributed by atoms with Crippen molar-refractivity contribution >= 4 is 11.8 Å². The molecule has 1 heterocycles. The summed E-state index contributed by atoms with van der Waals surface area (Å²) in [5.41, 5.74) is 0.787. The van der Waals surface area contributed by atoms with Crippen LogP contribution < -0.4 is 0 Å². The van der Waals surface area contributed by atoms with E-state index < -0.39 is 5.92 Å². The van der Waals surface area contributed by atoms with Crippen molar-refractivity contribution in [2.45, 2.75) is 12.5 Å². The van der Waals surface area contributed by atoms with Crippen LogP contribution in [0.2, 0.25) is 0 Å². The highest BCUT2D eigenvalue weighted by Gasteiger charge is 2.43. The van der Waals surface area contributed by atoms with Gasteiger partial charge in [-0.05, 0) is 17.7 Å². The monoisotopic (exact) mass is 264 g/mol. The van der Waals surface area contributed by atoms with Crippen LogP contribution >= 0.6 is 0 Å². The Kier molecular flexibility index (Phi) is 3.55. The van der Waals surface area contributed by atoms with Gasteiger partial charge in [0.1, 0.15) is 5.82 Å². The highest BCUT2D eigenvalue weighted by molar-refractivity contribution is 5.90.